The molecule has 0 aromatic heterocycles. The van der Waals surface area contributed by atoms with Gasteiger partial charge >= 0.3 is 5.97 Å². The molecule has 2 unspecified atom stereocenters. The van der Waals surface area contributed by atoms with Gasteiger partial charge in [0.1, 0.15) is 5.75 Å². The van der Waals surface area contributed by atoms with Crippen molar-refractivity contribution in [1.82, 2.24) is 4.90 Å². The third-order valence-corrected chi connectivity index (χ3v) is 4.52. The number of hydrogen-bond acceptors (Lipinski definition) is 3. The topological polar surface area (TPSA) is 66.8 Å². The van der Waals surface area contributed by atoms with Gasteiger partial charge in [-0.05, 0) is 36.8 Å². The van der Waals surface area contributed by atoms with Crippen LogP contribution in [0.5, 0.6) is 5.75 Å². The number of aliphatic carboxylic acids is 1. The fraction of sp³-hybridized carbons (Fsp3) is 0.556. The normalized spacial score (nSPS) is 18.7. The summed E-state index contributed by atoms with van der Waals surface area (Å²) in [6.07, 6.45) is 2.62. The van der Waals surface area contributed by atoms with Crippen LogP contribution in [0.15, 0.2) is 24.3 Å². The largest absolute Gasteiger partial charge is 0.483 e. The van der Waals surface area contributed by atoms with Crippen LogP contribution in [-0.2, 0) is 9.59 Å². The first kappa shape index (κ1) is 17.3. The third-order valence-electron chi connectivity index (χ3n) is 4.52. The van der Waals surface area contributed by atoms with Gasteiger partial charge in [-0.25, -0.2) is 0 Å². The minimum Gasteiger partial charge on any atom is -0.483 e. The number of para-hydroxylation sites is 1. The lowest BCUT2D eigenvalue weighted by Crippen LogP contribution is -2.39. The van der Waals surface area contributed by atoms with Crippen molar-refractivity contribution in [2.75, 3.05) is 13.2 Å². The maximum absolute atomic E-state index is 12.4. The summed E-state index contributed by atoms with van der Waals surface area (Å²) in [6.45, 7) is 4.83. The summed E-state index contributed by atoms with van der Waals surface area (Å²) in [7, 11) is 0. The van der Waals surface area contributed by atoms with Crippen molar-refractivity contribution < 1.29 is 19.4 Å². The predicted molar refractivity (Wildman–Crippen MR) is 87.6 cm³/mol. The molecule has 1 aliphatic rings. The first-order chi connectivity index (χ1) is 11.0. The number of carboxylic acid groups (broad SMARTS) is 1. The highest BCUT2D eigenvalue weighted by Crippen LogP contribution is 2.28. The van der Waals surface area contributed by atoms with Crippen LogP contribution in [0.25, 0.3) is 0 Å². The molecule has 0 aliphatic carbocycles. The number of amides is 1. The molecule has 0 spiro atoms. The second kappa shape index (κ2) is 7.99. The van der Waals surface area contributed by atoms with E-state index in [4.69, 9.17) is 9.84 Å². The molecule has 1 aromatic carbocycles. The van der Waals surface area contributed by atoms with Crippen LogP contribution >= 0.6 is 0 Å². The monoisotopic (exact) mass is 319 g/mol. The highest BCUT2D eigenvalue weighted by molar-refractivity contribution is 5.79. The van der Waals surface area contributed by atoms with E-state index < -0.39 is 5.97 Å². The van der Waals surface area contributed by atoms with Crippen molar-refractivity contribution in [3.63, 3.8) is 0 Å². The summed E-state index contributed by atoms with van der Waals surface area (Å²) < 4.78 is 5.75. The summed E-state index contributed by atoms with van der Waals surface area (Å²) >= 11 is 0. The van der Waals surface area contributed by atoms with Gasteiger partial charge in [-0.3, -0.25) is 9.59 Å². The van der Waals surface area contributed by atoms with E-state index >= 15 is 0 Å². The van der Waals surface area contributed by atoms with Crippen molar-refractivity contribution in [3.05, 3.63) is 29.8 Å². The number of carboxylic acids is 1. The zero-order valence-electron chi connectivity index (χ0n) is 13.8. The van der Waals surface area contributed by atoms with E-state index in [0.717, 1.165) is 30.6 Å². The molecular weight excluding hydrogens is 294 g/mol. The number of nitrogens with zero attached hydrogens (tertiary/aromatic N) is 1. The lowest BCUT2D eigenvalue weighted by Gasteiger charge is -2.24. The first-order valence-electron chi connectivity index (χ1n) is 8.26. The molecule has 0 saturated carbocycles. The Hall–Kier alpha value is -2.04. The fourth-order valence-electron chi connectivity index (χ4n) is 3.04. The van der Waals surface area contributed by atoms with E-state index in [1.165, 1.54) is 0 Å². The van der Waals surface area contributed by atoms with Gasteiger partial charge in [-0.1, -0.05) is 32.0 Å². The predicted octanol–water partition coefficient (Wildman–Crippen LogP) is 3.04. The Morgan fingerprint density at radius 1 is 1.39 bits per heavy atom. The number of rotatable bonds is 7. The smallest absolute Gasteiger partial charge is 0.305 e. The SMILES string of the molecule is CCC(C)c1ccccc1OCC(=O)N1CCCC1CC(=O)O. The minimum absolute atomic E-state index is 0.00912. The van der Waals surface area contributed by atoms with Crippen LogP contribution in [0.1, 0.15) is 51.0 Å². The van der Waals surface area contributed by atoms with E-state index in [0.29, 0.717) is 12.5 Å². The molecule has 126 valence electrons. The van der Waals surface area contributed by atoms with Gasteiger partial charge < -0.3 is 14.7 Å². The lowest BCUT2D eigenvalue weighted by atomic mass is 9.98. The minimum atomic E-state index is -0.863. The van der Waals surface area contributed by atoms with E-state index in [1.807, 2.05) is 24.3 Å². The average Bonchev–Trinajstić information content (AvgIpc) is 2.99. The van der Waals surface area contributed by atoms with Gasteiger partial charge in [-0.15, -0.1) is 0 Å². The molecule has 1 saturated heterocycles. The molecule has 0 bridgehead atoms. The molecule has 1 fully saturated rings. The molecular formula is C18H25NO4. The molecule has 2 rings (SSSR count). The molecule has 5 heteroatoms. The Morgan fingerprint density at radius 3 is 2.83 bits per heavy atom. The van der Waals surface area contributed by atoms with E-state index in [1.54, 1.807) is 4.90 Å². The van der Waals surface area contributed by atoms with Crippen LogP contribution in [-0.4, -0.2) is 41.1 Å². The Labute approximate surface area is 137 Å². The van der Waals surface area contributed by atoms with E-state index in [2.05, 4.69) is 13.8 Å². The van der Waals surface area contributed by atoms with Crippen molar-refractivity contribution in [3.8, 4) is 5.75 Å². The highest BCUT2D eigenvalue weighted by Gasteiger charge is 2.30. The van der Waals surface area contributed by atoms with Crippen LogP contribution in [0.4, 0.5) is 0 Å². The molecule has 1 heterocycles. The summed E-state index contributed by atoms with van der Waals surface area (Å²) in [5.74, 6) is 0.113. The van der Waals surface area contributed by atoms with E-state index in [-0.39, 0.29) is 25.0 Å². The molecule has 1 aliphatic heterocycles. The van der Waals surface area contributed by atoms with Crippen LogP contribution < -0.4 is 4.74 Å². The number of ether oxygens (including phenoxy) is 1. The third kappa shape index (κ3) is 4.47. The second-order valence-corrected chi connectivity index (χ2v) is 6.12. The number of carbonyl (C=O) groups excluding carboxylic acids is 1. The number of hydrogen-bond donors (Lipinski definition) is 1. The maximum atomic E-state index is 12.4. The summed E-state index contributed by atoms with van der Waals surface area (Å²) in [6, 6.07) is 7.58. The maximum Gasteiger partial charge on any atom is 0.305 e. The Bertz CT molecular complexity index is 558. The van der Waals surface area contributed by atoms with Gasteiger partial charge in [0.2, 0.25) is 0 Å². The van der Waals surface area contributed by atoms with Crippen LogP contribution in [0.2, 0.25) is 0 Å². The molecule has 1 N–H and O–H groups in total. The van der Waals surface area contributed by atoms with Crippen molar-refractivity contribution in [1.29, 1.82) is 0 Å². The van der Waals surface area contributed by atoms with E-state index in [9.17, 15) is 9.59 Å². The molecule has 2 atom stereocenters. The summed E-state index contributed by atoms with van der Waals surface area (Å²) in [4.78, 5) is 24.9. The molecule has 1 aromatic rings. The first-order valence-corrected chi connectivity index (χ1v) is 8.26. The summed E-state index contributed by atoms with van der Waals surface area (Å²) in [5, 5.41) is 8.94. The van der Waals surface area contributed by atoms with Crippen LogP contribution in [0.3, 0.4) is 0 Å². The van der Waals surface area contributed by atoms with Gasteiger partial charge in [-0.2, -0.15) is 0 Å². The molecule has 0 radical (unpaired) electrons. The number of benzene rings is 1. The Morgan fingerprint density at radius 2 is 2.13 bits per heavy atom. The lowest BCUT2D eigenvalue weighted by molar-refractivity contribution is -0.140. The van der Waals surface area contributed by atoms with Gasteiger partial charge in [0.15, 0.2) is 6.61 Å². The summed E-state index contributed by atoms with van der Waals surface area (Å²) in [5.41, 5.74) is 1.10. The zero-order chi connectivity index (χ0) is 16.8. The van der Waals surface area contributed by atoms with Crippen molar-refractivity contribution in [2.45, 2.75) is 51.5 Å². The zero-order valence-corrected chi connectivity index (χ0v) is 13.8. The Balaban J connectivity index is 1.98. The highest BCUT2D eigenvalue weighted by atomic mass is 16.5. The number of carbonyl (C=O) groups is 2. The van der Waals surface area contributed by atoms with Gasteiger partial charge in [0.25, 0.3) is 5.91 Å². The van der Waals surface area contributed by atoms with Crippen molar-refractivity contribution >= 4 is 11.9 Å². The quantitative estimate of drug-likeness (QED) is 0.839. The number of likely N-dealkylation sites (tertiary alicyclic amines) is 1. The second-order valence-electron chi connectivity index (χ2n) is 6.12. The van der Waals surface area contributed by atoms with Crippen molar-refractivity contribution in [2.24, 2.45) is 0 Å². The van der Waals surface area contributed by atoms with Gasteiger partial charge in [0, 0.05) is 12.6 Å². The van der Waals surface area contributed by atoms with Crippen LogP contribution in [0, 0.1) is 0 Å². The standard InChI is InChI=1S/C18H25NO4/c1-3-13(2)15-8-4-5-9-16(15)23-12-17(20)19-10-6-7-14(19)11-18(21)22/h4-5,8-9,13-14H,3,6-7,10-12H2,1-2H3,(H,21,22). The Kier molecular flexibility index (Phi) is 6.02. The fourth-order valence-corrected chi connectivity index (χ4v) is 3.04. The average molecular weight is 319 g/mol. The molecule has 23 heavy (non-hydrogen) atoms. The molecule has 1 amide bonds. The molecule has 5 nitrogen and oxygen atoms in total. The van der Waals surface area contributed by atoms with Gasteiger partial charge in [0.05, 0.1) is 6.42 Å².